The van der Waals surface area contributed by atoms with Crippen LogP contribution in [0.25, 0.3) is 0 Å². The first-order valence-electron chi connectivity index (χ1n) is 6.44. The molecule has 0 radical (unpaired) electrons. The zero-order valence-electron chi connectivity index (χ0n) is 10.8. The molecule has 1 heterocycles. The minimum atomic E-state index is -0.116. The van der Waals surface area contributed by atoms with E-state index in [0.717, 1.165) is 25.9 Å². The Morgan fingerprint density at radius 3 is 2.71 bits per heavy atom. The fourth-order valence-corrected chi connectivity index (χ4v) is 2.66. The fourth-order valence-electron chi connectivity index (χ4n) is 2.66. The summed E-state index contributed by atoms with van der Waals surface area (Å²) in [6, 6.07) is 10.5. The Morgan fingerprint density at radius 1 is 1.35 bits per heavy atom. The predicted octanol–water partition coefficient (Wildman–Crippen LogP) is 2.23. The monoisotopic (exact) mass is 234 g/mol. The van der Waals surface area contributed by atoms with Crippen LogP contribution in [0.4, 0.5) is 0 Å². The summed E-state index contributed by atoms with van der Waals surface area (Å²) in [5.41, 5.74) is 1.27. The van der Waals surface area contributed by atoms with Gasteiger partial charge < -0.3 is 9.85 Å². The SMILES string of the molecule is CCCN1CC(Cc2ccccc2)[N+](C)([O-])C1. The molecule has 2 unspecified atom stereocenters. The predicted molar refractivity (Wildman–Crippen MR) is 70.2 cm³/mol. The van der Waals surface area contributed by atoms with Crippen molar-refractivity contribution < 1.29 is 4.65 Å². The number of likely N-dealkylation sites (N-methyl/N-ethyl adjacent to an activating group) is 1. The van der Waals surface area contributed by atoms with Gasteiger partial charge in [0.25, 0.3) is 0 Å². The lowest BCUT2D eigenvalue weighted by atomic mass is 10.1. The smallest absolute Gasteiger partial charge is 0.135 e. The van der Waals surface area contributed by atoms with Crippen LogP contribution in [0, 0.1) is 5.21 Å². The fraction of sp³-hybridized carbons (Fsp3) is 0.571. The number of hydrogen-bond donors (Lipinski definition) is 0. The molecule has 0 saturated carbocycles. The van der Waals surface area contributed by atoms with E-state index in [1.807, 2.05) is 25.2 Å². The Bertz CT molecular complexity index is 350. The normalized spacial score (nSPS) is 29.7. The number of hydroxylamine groups is 3. The average Bonchev–Trinajstić information content (AvgIpc) is 2.55. The summed E-state index contributed by atoms with van der Waals surface area (Å²) in [5.74, 6) is 0. The molecule has 1 aliphatic rings. The first-order chi connectivity index (χ1) is 8.12. The molecule has 3 nitrogen and oxygen atoms in total. The highest BCUT2D eigenvalue weighted by Gasteiger charge is 2.35. The molecule has 1 aromatic rings. The van der Waals surface area contributed by atoms with Crippen LogP contribution in [0.2, 0.25) is 0 Å². The van der Waals surface area contributed by atoms with Crippen LogP contribution in [0.15, 0.2) is 30.3 Å². The molecule has 0 bridgehead atoms. The van der Waals surface area contributed by atoms with Crippen molar-refractivity contribution in [3.63, 3.8) is 0 Å². The van der Waals surface area contributed by atoms with Crippen LogP contribution in [-0.4, -0.2) is 42.4 Å². The molecule has 3 heteroatoms. The van der Waals surface area contributed by atoms with Gasteiger partial charge in [0.15, 0.2) is 0 Å². The van der Waals surface area contributed by atoms with Gasteiger partial charge in [-0.25, -0.2) is 0 Å². The summed E-state index contributed by atoms with van der Waals surface area (Å²) >= 11 is 0. The highest BCUT2D eigenvalue weighted by Crippen LogP contribution is 2.23. The van der Waals surface area contributed by atoms with Gasteiger partial charge in [0.2, 0.25) is 0 Å². The topological polar surface area (TPSA) is 26.3 Å². The molecule has 94 valence electrons. The molecule has 1 aliphatic heterocycles. The molecule has 0 amide bonds. The lowest BCUT2D eigenvalue weighted by Crippen LogP contribution is -2.44. The van der Waals surface area contributed by atoms with Gasteiger partial charge in [-0.05, 0) is 12.0 Å². The van der Waals surface area contributed by atoms with Crippen LogP contribution in [0.5, 0.6) is 0 Å². The maximum absolute atomic E-state index is 12.4. The summed E-state index contributed by atoms with van der Waals surface area (Å²) in [4.78, 5) is 2.29. The quantitative estimate of drug-likeness (QED) is 0.590. The van der Waals surface area contributed by atoms with E-state index in [-0.39, 0.29) is 10.7 Å². The van der Waals surface area contributed by atoms with Crippen molar-refractivity contribution in [1.82, 2.24) is 4.90 Å². The minimum absolute atomic E-state index is 0.116. The second-order valence-electron chi connectivity index (χ2n) is 5.24. The molecule has 1 aromatic carbocycles. The Kier molecular flexibility index (Phi) is 3.82. The van der Waals surface area contributed by atoms with E-state index < -0.39 is 0 Å². The van der Waals surface area contributed by atoms with Crippen LogP contribution >= 0.6 is 0 Å². The largest absolute Gasteiger partial charge is 0.632 e. The van der Waals surface area contributed by atoms with Crippen molar-refractivity contribution in [2.45, 2.75) is 25.8 Å². The minimum Gasteiger partial charge on any atom is -0.632 e. The second-order valence-corrected chi connectivity index (χ2v) is 5.24. The van der Waals surface area contributed by atoms with E-state index in [2.05, 4.69) is 24.0 Å². The lowest BCUT2D eigenvalue weighted by molar-refractivity contribution is -0.876. The molecule has 17 heavy (non-hydrogen) atoms. The van der Waals surface area contributed by atoms with Gasteiger partial charge in [0.05, 0.1) is 13.6 Å². The van der Waals surface area contributed by atoms with Crippen molar-refractivity contribution in [3.8, 4) is 0 Å². The highest BCUT2D eigenvalue weighted by atomic mass is 16.6. The van der Waals surface area contributed by atoms with Gasteiger partial charge in [-0.2, -0.15) is 0 Å². The van der Waals surface area contributed by atoms with Crippen molar-refractivity contribution in [1.29, 1.82) is 0 Å². The molecule has 1 fully saturated rings. The maximum atomic E-state index is 12.4. The summed E-state index contributed by atoms with van der Waals surface area (Å²) in [6.45, 7) is 4.79. The zero-order valence-corrected chi connectivity index (χ0v) is 10.8. The van der Waals surface area contributed by atoms with Crippen molar-refractivity contribution >= 4 is 0 Å². The Balaban J connectivity index is 2.01. The van der Waals surface area contributed by atoms with E-state index in [1.165, 1.54) is 5.56 Å². The molecule has 2 rings (SSSR count). The van der Waals surface area contributed by atoms with Crippen LogP contribution < -0.4 is 0 Å². The van der Waals surface area contributed by atoms with Crippen molar-refractivity contribution in [2.75, 3.05) is 26.8 Å². The van der Waals surface area contributed by atoms with Gasteiger partial charge in [-0.1, -0.05) is 37.3 Å². The lowest BCUT2D eigenvalue weighted by Gasteiger charge is -2.39. The number of hydrogen-bond acceptors (Lipinski definition) is 2. The Morgan fingerprint density at radius 2 is 2.06 bits per heavy atom. The maximum Gasteiger partial charge on any atom is 0.135 e. The average molecular weight is 234 g/mol. The molecule has 2 atom stereocenters. The van der Waals surface area contributed by atoms with Crippen LogP contribution in [0.1, 0.15) is 18.9 Å². The Hall–Kier alpha value is -0.900. The number of nitrogens with zero attached hydrogens (tertiary/aromatic N) is 2. The first kappa shape index (κ1) is 12.6. The third kappa shape index (κ3) is 3.06. The van der Waals surface area contributed by atoms with Crippen molar-refractivity contribution in [3.05, 3.63) is 41.1 Å². The number of benzene rings is 1. The second kappa shape index (κ2) is 5.17. The zero-order chi connectivity index (χ0) is 12.3. The van der Waals surface area contributed by atoms with Gasteiger partial charge >= 0.3 is 0 Å². The van der Waals surface area contributed by atoms with Crippen LogP contribution in [-0.2, 0) is 6.42 Å². The summed E-state index contributed by atoms with van der Waals surface area (Å²) in [5, 5.41) is 12.4. The molecule has 1 saturated heterocycles. The summed E-state index contributed by atoms with van der Waals surface area (Å²) in [6.07, 6.45) is 2.01. The third-order valence-electron chi connectivity index (χ3n) is 3.58. The highest BCUT2D eigenvalue weighted by molar-refractivity contribution is 5.15. The molecular weight excluding hydrogens is 212 g/mol. The van der Waals surface area contributed by atoms with Gasteiger partial charge in [0, 0.05) is 13.0 Å². The first-order valence-corrected chi connectivity index (χ1v) is 6.44. The van der Waals surface area contributed by atoms with E-state index in [9.17, 15) is 5.21 Å². The van der Waals surface area contributed by atoms with Gasteiger partial charge in [-0.3, -0.25) is 4.90 Å². The molecule has 0 aromatic heterocycles. The molecular formula is C14H22N2O. The number of quaternary nitrogens is 1. The van der Waals surface area contributed by atoms with E-state index >= 15 is 0 Å². The third-order valence-corrected chi connectivity index (χ3v) is 3.58. The van der Waals surface area contributed by atoms with Crippen molar-refractivity contribution in [2.24, 2.45) is 0 Å². The summed E-state index contributed by atoms with van der Waals surface area (Å²) in [7, 11) is 1.81. The standard InChI is InChI=1S/C14H22N2O/c1-3-9-15-11-14(16(2,17)12-15)10-13-7-5-4-6-8-13/h4-8,14H,3,9-12H2,1-2H3. The van der Waals surface area contributed by atoms with Crippen LogP contribution in [0.3, 0.4) is 0 Å². The number of rotatable bonds is 4. The van der Waals surface area contributed by atoms with Gasteiger partial charge in [-0.15, -0.1) is 0 Å². The van der Waals surface area contributed by atoms with E-state index in [0.29, 0.717) is 6.67 Å². The van der Waals surface area contributed by atoms with Gasteiger partial charge in [0.1, 0.15) is 12.7 Å². The Labute approximate surface area is 104 Å². The molecule has 0 aliphatic carbocycles. The van der Waals surface area contributed by atoms with E-state index in [1.54, 1.807) is 0 Å². The molecule has 0 spiro atoms. The molecule has 0 N–H and O–H groups in total. The van der Waals surface area contributed by atoms with E-state index in [4.69, 9.17) is 0 Å². The summed E-state index contributed by atoms with van der Waals surface area (Å²) < 4.78 is -0.116.